The lowest BCUT2D eigenvalue weighted by atomic mass is 9.87. The Morgan fingerprint density at radius 2 is 1.27 bits per heavy atom. The van der Waals surface area contributed by atoms with Crippen LogP contribution in [0.4, 0.5) is 0 Å². The molecule has 0 fully saturated rings. The Kier molecular flexibility index (Phi) is 8.71. The number of nitrogens with zero attached hydrogens (tertiary/aromatic N) is 1. The number of carbonyl (C=O) groups excluding carboxylic acids is 2. The molecule has 1 aliphatic rings. The van der Waals surface area contributed by atoms with Crippen molar-refractivity contribution in [2.24, 2.45) is 0 Å². The van der Waals surface area contributed by atoms with E-state index in [1.807, 2.05) is 60.7 Å². The third-order valence-electron chi connectivity index (χ3n) is 7.79. The topological polar surface area (TPSA) is 56.5 Å². The van der Waals surface area contributed by atoms with Gasteiger partial charge < -0.3 is 9.47 Å². The maximum Gasteiger partial charge on any atom is 0.404 e. The van der Waals surface area contributed by atoms with Gasteiger partial charge in [0.05, 0.1) is 19.6 Å². The van der Waals surface area contributed by atoms with E-state index in [0.29, 0.717) is 25.6 Å². The molecular weight excluding hydrogens is 652 g/mol. The van der Waals surface area contributed by atoms with Gasteiger partial charge in [0.15, 0.2) is 6.20 Å². The zero-order chi connectivity index (χ0) is 31.8. The molecule has 0 radical (unpaired) electrons. The Bertz CT molecular complexity index is 2030. The molecule has 45 heavy (non-hydrogen) atoms. The first kappa shape index (κ1) is 30.9. The fraction of sp³-hybridized carbons (Fsp3) is 0.0833. The van der Waals surface area contributed by atoms with Crippen LogP contribution in [0.2, 0.25) is 20.1 Å². The smallest absolute Gasteiger partial charge is 0.404 e. The molecule has 1 aliphatic carbocycles. The number of carbonyl (C=O) groups is 2. The van der Waals surface area contributed by atoms with Gasteiger partial charge in [0.1, 0.15) is 5.57 Å². The number of benzene rings is 4. The summed E-state index contributed by atoms with van der Waals surface area (Å²) >= 11 is 25.4. The highest BCUT2D eigenvalue weighted by Gasteiger charge is 2.43. The third-order valence-corrected chi connectivity index (χ3v) is 8.82. The molecule has 5 aromatic rings. The molecule has 1 heterocycles. The zero-order valence-corrected chi connectivity index (χ0v) is 27.0. The van der Waals surface area contributed by atoms with E-state index in [2.05, 4.69) is 0 Å². The van der Waals surface area contributed by atoms with E-state index in [1.54, 1.807) is 47.2 Å². The summed E-state index contributed by atoms with van der Waals surface area (Å²) < 4.78 is 12.3. The number of halogens is 4. The van der Waals surface area contributed by atoms with E-state index in [4.69, 9.17) is 55.9 Å². The average Bonchev–Trinajstić information content (AvgIpc) is 3.34. The van der Waals surface area contributed by atoms with E-state index in [-0.39, 0.29) is 11.3 Å². The molecule has 0 saturated carbocycles. The summed E-state index contributed by atoms with van der Waals surface area (Å²) in [7, 11) is 2.56. The van der Waals surface area contributed by atoms with E-state index in [1.165, 1.54) is 14.2 Å². The number of hydrogen-bond acceptors (Lipinski definition) is 4. The monoisotopic (exact) mass is 674 g/mol. The van der Waals surface area contributed by atoms with Gasteiger partial charge in [0.2, 0.25) is 5.52 Å². The highest BCUT2D eigenvalue weighted by molar-refractivity contribution is 6.35. The van der Waals surface area contributed by atoms with E-state index in [9.17, 15) is 9.59 Å². The standard InChI is InChI=1S/C36H24Cl4NO4/c1-44-35(42)33(32-28-17-22(37)11-13-26(28)27-14-12-23(38)18-29(27)32)34(36(43)45-2)41-16-15-20(25-5-3-4-6-31(25)41)7-8-21-9-10-24(39)19-30(21)40/h3-19,32H,1-2H3/q+1/b8-7+,34-33-. The normalized spacial score (nSPS) is 13.0. The largest absolute Gasteiger partial charge is 0.465 e. The SMILES string of the molecule is COC(=O)/C(=C(/C(=O)OC)[n+]1ccc(/C=C/c2ccc(Cl)cc2Cl)c2ccccc21)C1c2cc(Cl)ccc2-c2ccc(Cl)cc21. The number of hydrogen-bond donors (Lipinski definition) is 0. The minimum atomic E-state index is -0.730. The van der Waals surface area contributed by atoms with Gasteiger partial charge in [0.25, 0.3) is 0 Å². The minimum absolute atomic E-state index is 0.000534. The third kappa shape index (κ3) is 5.73. The second-order valence-electron chi connectivity index (χ2n) is 10.3. The van der Waals surface area contributed by atoms with Gasteiger partial charge in [-0.15, -0.1) is 0 Å². The molecule has 5 nitrogen and oxygen atoms in total. The summed E-state index contributed by atoms with van der Waals surface area (Å²) in [4.78, 5) is 27.6. The van der Waals surface area contributed by atoms with Crippen LogP contribution in [0.5, 0.6) is 0 Å². The van der Waals surface area contributed by atoms with Crippen molar-refractivity contribution in [1.29, 1.82) is 0 Å². The molecule has 9 heteroatoms. The Labute approximate surface area is 279 Å². The summed E-state index contributed by atoms with van der Waals surface area (Å²) in [6.45, 7) is 0. The summed E-state index contributed by atoms with van der Waals surface area (Å²) in [5.41, 5.74) is 5.61. The van der Waals surface area contributed by atoms with Crippen LogP contribution < -0.4 is 4.57 Å². The molecule has 4 aromatic carbocycles. The van der Waals surface area contributed by atoms with Gasteiger partial charge in [-0.25, -0.2) is 9.59 Å². The quantitative estimate of drug-likeness (QED) is 0.102. The van der Waals surface area contributed by atoms with Crippen LogP contribution in [0.15, 0.2) is 96.7 Å². The van der Waals surface area contributed by atoms with Gasteiger partial charge in [-0.3, -0.25) is 0 Å². The Balaban J connectivity index is 1.63. The number of methoxy groups -OCH3 is 2. The number of rotatable bonds is 6. The molecule has 0 atom stereocenters. The van der Waals surface area contributed by atoms with Crippen LogP contribution in [-0.2, 0) is 19.1 Å². The summed E-state index contributed by atoms with van der Waals surface area (Å²) in [6.07, 6.45) is 5.55. The van der Waals surface area contributed by atoms with Crippen molar-refractivity contribution in [2.75, 3.05) is 14.2 Å². The van der Waals surface area contributed by atoms with Crippen LogP contribution in [0.1, 0.15) is 28.2 Å². The number of ether oxygens (including phenoxy) is 2. The molecule has 0 saturated heterocycles. The number of esters is 2. The van der Waals surface area contributed by atoms with Crippen LogP contribution in [0.25, 0.3) is 39.9 Å². The van der Waals surface area contributed by atoms with Crippen LogP contribution in [0.3, 0.4) is 0 Å². The van der Waals surface area contributed by atoms with Gasteiger partial charge in [-0.05, 0) is 75.8 Å². The Morgan fingerprint density at radius 1 is 0.689 bits per heavy atom. The minimum Gasteiger partial charge on any atom is -0.465 e. The maximum atomic E-state index is 13.8. The lowest BCUT2D eigenvalue weighted by Crippen LogP contribution is -2.40. The van der Waals surface area contributed by atoms with Crippen molar-refractivity contribution >= 4 is 87.1 Å². The molecule has 0 spiro atoms. The molecule has 224 valence electrons. The average molecular weight is 676 g/mol. The highest BCUT2D eigenvalue weighted by Crippen LogP contribution is 2.50. The first-order valence-electron chi connectivity index (χ1n) is 13.8. The molecule has 0 bridgehead atoms. The van der Waals surface area contributed by atoms with Crippen LogP contribution in [0, 0.1) is 0 Å². The predicted molar refractivity (Wildman–Crippen MR) is 181 cm³/mol. The van der Waals surface area contributed by atoms with Gasteiger partial charge in [-0.1, -0.05) is 88.9 Å². The lowest BCUT2D eigenvalue weighted by molar-refractivity contribution is -0.550. The first-order chi connectivity index (χ1) is 21.7. The van der Waals surface area contributed by atoms with E-state index in [0.717, 1.165) is 38.8 Å². The number of aromatic nitrogens is 1. The van der Waals surface area contributed by atoms with Crippen molar-refractivity contribution in [3.05, 3.63) is 139 Å². The summed E-state index contributed by atoms with van der Waals surface area (Å²) in [5, 5.41) is 2.84. The zero-order valence-electron chi connectivity index (χ0n) is 24.0. The van der Waals surface area contributed by atoms with Crippen molar-refractivity contribution in [3.63, 3.8) is 0 Å². The van der Waals surface area contributed by atoms with Crippen molar-refractivity contribution < 1.29 is 23.6 Å². The highest BCUT2D eigenvalue weighted by atomic mass is 35.5. The van der Waals surface area contributed by atoms with Crippen molar-refractivity contribution in [2.45, 2.75) is 5.92 Å². The lowest BCUT2D eigenvalue weighted by Gasteiger charge is -2.18. The first-order valence-corrected chi connectivity index (χ1v) is 15.3. The van der Waals surface area contributed by atoms with Crippen molar-refractivity contribution in [3.8, 4) is 11.1 Å². The Morgan fingerprint density at radius 3 is 1.89 bits per heavy atom. The predicted octanol–water partition coefficient (Wildman–Crippen LogP) is 9.28. The molecule has 1 aromatic heterocycles. The van der Waals surface area contributed by atoms with Crippen molar-refractivity contribution in [1.82, 2.24) is 0 Å². The van der Waals surface area contributed by atoms with E-state index < -0.39 is 17.9 Å². The number of fused-ring (bicyclic) bond motifs is 4. The summed E-state index contributed by atoms with van der Waals surface area (Å²) in [6, 6.07) is 25.7. The molecular formula is C36H24Cl4NO4+. The van der Waals surface area contributed by atoms with Crippen LogP contribution in [-0.4, -0.2) is 26.2 Å². The van der Waals surface area contributed by atoms with E-state index >= 15 is 0 Å². The number of para-hydroxylation sites is 1. The second kappa shape index (κ2) is 12.7. The summed E-state index contributed by atoms with van der Waals surface area (Å²) in [5.74, 6) is -2.15. The molecule has 6 rings (SSSR count). The second-order valence-corrected chi connectivity index (χ2v) is 12.0. The van der Waals surface area contributed by atoms with Gasteiger partial charge >= 0.3 is 17.6 Å². The van der Waals surface area contributed by atoms with Gasteiger partial charge in [-0.2, -0.15) is 4.57 Å². The fourth-order valence-corrected chi connectivity index (χ4v) is 6.65. The Hall–Kier alpha value is -4.13. The fourth-order valence-electron chi connectivity index (χ4n) is 5.82. The molecule has 0 unspecified atom stereocenters. The van der Waals surface area contributed by atoms with Crippen LogP contribution >= 0.6 is 46.4 Å². The van der Waals surface area contributed by atoms with Gasteiger partial charge in [0, 0.05) is 38.1 Å². The maximum absolute atomic E-state index is 13.8. The molecule has 0 N–H and O–H groups in total. The number of pyridine rings is 1. The molecule has 0 aliphatic heterocycles. The molecule has 0 amide bonds.